The molecule has 2 nitrogen and oxygen atoms in total. The summed E-state index contributed by atoms with van der Waals surface area (Å²) in [5, 5.41) is 3.73. The minimum atomic E-state index is 0.555. The van der Waals surface area contributed by atoms with Crippen LogP contribution in [-0.4, -0.2) is 17.6 Å². The predicted octanol–water partition coefficient (Wildman–Crippen LogP) is 3.77. The van der Waals surface area contributed by atoms with E-state index in [1.54, 1.807) is 0 Å². The van der Waals surface area contributed by atoms with Crippen LogP contribution in [0.5, 0.6) is 0 Å². The Kier molecular flexibility index (Phi) is 4.98. The molecule has 2 rings (SSSR count). The van der Waals surface area contributed by atoms with Crippen LogP contribution in [0.1, 0.15) is 57.7 Å². The number of nitrogens with one attached hydrogen (secondary N) is 1. The van der Waals surface area contributed by atoms with Gasteiger partial charge < -0.3 is 5.32 Å². The first kappa shape index (κ1) is 14.5. The van der Waals surface area contributed by atoms with Crippen molar-refractivity contribution in [1.82, 2.24) is 10.3 Å². The highest BCUT2D eigenvalue weighted by Gasteiger charge is 2.32. The summed E-state index contributed by atoms with van der Waals surface area (Å²) in [6, 6.07) is 4.89. The largest absolute Gasteiger partial charge is 0.313 e. The lowest BCUT2D eigenvalue weighted by atomic mass is 9.75. The summed E-state index contributed by atoms with van der Waals surface area (Å²) in [4.78, 5) is 4.71. The Morgan fingerprint density at radius 2 is 2.16 bits per heavy atom. The average molecular weight is 260 g/mol. The molecule has 0 aliphatic heterocycles. The van der Waals surface area contributed by atoms with Gasteiger partial charge in [-0.25, -0.2) is 0 Å². The lowest BCUT2D eigenvalue weighted by molar-refractivity contribution is 0.249. The van der Waals surface area contributed by atoms with Crippen LogP contribution in [-0.2, 0) is 6.42 Å². The highest BCUT2D eigenvalue weighted by molar-refractivity contribution is 5.27. The lowest BCUT2D eigenvalue weighted by Crippen LogP contribution is -2.43. The van der Waals surface area contributed by atoms with Crippen LogP contribution in [0.15, 0.2) is 18.3 Å². The fourth-order valence-electron chi connectivity index (χ4n) is 3.34. The second-order valence-electron chi connectivity index (χ2n) is 6.23. The highest BCUT2D eigenvalue weighted by atomic mass is 14.9. The molecule has 1 heterocycles. The predicted molar refractivity (Wildman–Crippen MR) is 81.4 cm³/mol. The number of hydrogen-bond donors (Lipinski definition) is 1. The molecule has 0 radical (unpaired) electrons. The van der Waals surface area contributed by atoms with E-state index >= 15 is 0 Å². The van der Waals surface area contributed by atoms with Gasteiger partial charge in [-0.3, -0.25) is 4.98 Å². The Balaban J connectivity index is 2.28. The fourth-order valence-corrected chi connectivity index (χ4v) is 3.34. The van der Waals surface area contributed by atoms with Crippen molar-refractivity contribution in [1.29, 1.82) is 0 Å². The van der Waals surface area contributed by atoms with Crippen molar-refractivity contribution < 1.29 is 0 Å². The minimum Gasteiger partial charge on any atom is -0.313 e. The Labute approximate surface area is 118 Å². The number of aryl methyl sites for hydroxylation is 1. The van der Waals surface area contributed by atoms with E-state index in [-0.39, 0.29) is 0 Å². The smallest absolute Gasteiger partial charge is 0.0482 e. The van der Waals surface area contributed by atoms with Gasteiger partial charge in [-0.2, -0.15) is 0 Å². The third kappa shape index (κ3) is 3.17. The number of hydrogen-bond acceptors (Lipinski definition) is 2. The Morgan fingerprint density at radius 1 is 1.37 bits per heavy atom. The number of aromatic nitrogens is 1. The molecular formula is C17H28N2. The Bertz CT molecular complexity index is 400. The first-order valence-electron chi connectivity index (χ1n) is 7.82. The fraction of sp³-hybridized carbons (Fsp3) is 0.706. The third-order valence-electron chi connectivity index (χ3n) is 4.73. The van der Waals surface area contributed by atoms with Crippen molar-refractivity contribution in [3.8, 4) is 0 Å². The lowest BCUT2D eigenvalue weighted by Gasteiger charge is -2.37. The maximum absolute atomic E-state index is 4.71. The van der Waals surface area contributed by atoms with Crippen LogP contribution in [0, 0.1) is 11.8 Å². The molecule has 0 aromatic carbocycles. The molecule has 0 saturated heterocycles. The van der Waals surface area contributed by atoms with Crippen LogP contribution >= 0.6 is 0 Å². The summed E-state index contributed by atoms with van der Waals surface area (Å²) in [6.07, 6.45) is 5.74. The van der Waals surface area contributed by atoms with Gasteiger partial charge in [-0.1, -0.05) is 33.8 Å². The van der Waals surface area contributed by atoms with E-state index in [2.05, 4.69) is 45.1 Å². The van der Waals surface area contributed by atoms with E-state index in [1.807, 2.05) is 6.20 Å². The summed E-state index contributed by atoms with van der Waals surface area (Å²) in [7, 11) is 0. The van der Waals surface area contributed by atoms with E-state index < -0.39 is 0 Å². The van der Waals surface area contributed by atoms with Gasteiger partial charge in [0.25, 0.3) is 0 Å². The second-order valence-corrected chi connectivity index (χ2v) is 6.23. The molecule has 3 unspecified atom stereocenters. The number of nitrogens with zero attached hydrogens (tertiary/aromatic N) is 1. The molecule has 0 bridgehead atoms. The summed E-state index contributed by atoms with van der Waals surface area (Å²) in [6.45, 7) is 10.3. The summed E-state index contributed by atoms with van der Waals surface area (Å²) in [5.41, 5.74) is 2.82. The maximum Gasteiger partial charge on any atom is 0.0482 e. The standard InChI is InChI=1S/C17H28N2/c1-5-18-16(13(4)12(2)3)15-10-6-8-14-9-7-11-19-17(14)15/h7,9,11-13,15-16,18H,5-6,8,10H2,1-4H3. The summed E-state index contributed by atoms with van der Waals surface area (Å²) < 4.78 is 0. The first-order valence-corrected chi connectivity index (χ1v) is 7.82. The summed E-state index contributed by atoms with van der Waals surface area (Å²) in [5.74, 6) is 1.97. The van der Waals surface area contributed by atoms with Crippen molar-refractivity contribution >= 4 is 0 Å². The van der Waals surface area contributed by atoms with Crippen molar-refractivity contribution in [2.24, 2.45) is 11.8 Å². The van der Waals surface area contributed by atoms with E-state index in [1.165, 1.54) is 30.5 Å². The zero-order valence-corrected chi connectivity index (χ0v) is 12.8. The molecular weight excluding hydrogens is 232 g/mol. The molecule has 0 amide bonds. The molecule has 1 aliphatic rings. The molecule has 1 aromatic heterocycles. The van der Waals surface area contributed by atoms with Gasteiger partial charge in [0.1, 0.15) is 0 Å². The highest BCUT2D eigenvalue weighted by Crippen LogP contribution is 2.36. The average Bonchev–Trinajstić information content (AvgIpc) is 2.43. The van der Waals surface area contributed by atoms with Gasteiger partial charge in [-0.15, -0.1) is 0 Å². The molecule has 1 aromatic rings. The van der Waals surface area contributed by atoms with Crippen molar-refractivity contribution in [3.05, 3.63) is 29.6 Å². The molecule has 0 saturated carbocycles. The van der Waals surface area contributed by atoms with Gasteiger partial charge in [0, 0.05) is 23.9 Å². The van der Waals surface area contributed by atoms with Crippen LogP contribution < -0.4 is 5.32 Å². The second kappa shape index (κ2) is 6.51. The van der Waals surface area contributed by atoms with Crippen molar-refractivity contribution in [3.63, 3.8) is 0 Å². The van der Waals surface area contributed by atoms with Crippen molar-refractivity contribution in [2.45, 2.75) is 58.9 Å². The number of rotatable bonds is 5. The van der Waals surface area contributed by atoms with Crippen LogP contribution in [0.3, 0.4) is 0 Å². The molecule has 1 aliphatic carbocycles. The van der Waals surface area contributed by atoms with E-state index in [9.17, 15) is 0 Å². The van der Waals surface area contributed by atoms with Gasteiger partial charge in [0.15, 0.2) is 0 Å². The minimum absolute atomic E-state index is 0.555. The molecule has 2 heteroatoms. The van der Waals surface area contributed by atoms with E-state index in [0.29, 0.717) is 23.8 Å². The molecule has 3 atom stereocenters. The molecule has 0 spiro atoms. The van der Waals surface area contributed by atoms with Crippen LogP contribution in [0.2, 0.25) is 0 Å². The van der Waals surface area contributed by atoms with Gasteiger partial charge in [0.2, 0.25) is 0 Å². The molecule has 106 valence electrons. The van der Waals surface area contributed by atoms with Gasteiger partial charge in [-0.05, 0) is 49.3 Å². The van der Waals surface area contributed by atoms with Gasteiger partial charge >= 0.3 is 0 Å². The van der Waals surface area contributed by atoms with Crippen molar-refractivity contribution in [2.75, 3.05) is 6.54 Å². The number of likely N-dealkylation sites (N-methyl/N-ethyl adjacent to an activating group) is 1. The van der Waals surface area contributed by atoms with Crippen LogP contribution in [0.25, 0.3) is 0 Å². The van der Waals surface area contributed by atoms with E-state index in [4.69, 9.17) is 4.98 Å². The SMILES string of the molecule is CCNC(C1CCCc2cccnc21)C(C)C(C)C. The molecule has 0 fully saturated rings. The van der Waals surface area contributed by atoms with Gasteiger partial charge in [0.05, 0.1) is 0 Å². The normalized spacial score (nSPS) is 22.1. The summed E-state index contributed by atoms with van der Waals surface area (Å²) >= 11 is 0. The Hall–Kier alpha value is -0.890. The topological polar surface area (TPSA) is 24.9 Å². The maximum atomic E-state index is 4.71. The number of fused-ring (bicyclic) bond motifs is 1. The van der Waals surface area contributed by atoms with E-state index in [0.717, 1.165) is 6.54 Å². The zero-order valence-electron chi connectivity index (χ0n) is 12.8. The Morgan fingerprint density at radius 3 is 2.84 bits per heavy atom. The quantitative estimate of drug-likeness (QED) is 0.871. The first-order chi connectivity index (χ1) is 9.15. The number of pyridine rings is 1. The zero-order chi connectivity index (χ0) is 13.8. The third-order valence-corrected chi connectivity index (χ3v) is 4.73. The molecule has 1 N–H and O–H groups in total. The van der Waals surface area contributed by atoms with Crippen LogP contribution in [0.4, 0.5) is 0 Å². The molecule has 19 heavy (non-hydrogen) atoms. The monoisotopic (exact) mass is 260 g/mol.